The van der Waals surface area contributed by atoms with Crippen LogP contribution in [0.2, 0.25) is 0 Å². The number of hydrogen-bond donors (Lipinski definition) is 2. The standard InChI is InChI=1S/C14H17N3O3/c1-10-8-16-14(17-13(10)19)20-7-3-5-12(18)11-4-2-6-15-9-11/h2,4,6,8-9,12,18H,3,5,7H2,1H3,(H,16,17,19). The van der Waals surface area contributed by atoms with E-state index in [9.17, 15) is 9.90 Å². The molecule has 0 aliphatic rings. The summed E-state index contributed by atoms with van der Waals surface area (Å²) in [6.45, 7) is 2.06. The predicted molar refractivity (Wildman–Crippen MR) is 73.5 cm³/mol. The Bertz CT molecular complexity index is 598. The van der Waals surface area contributed by atoms with Crippen molar-refractivity contribution < 1.29 is 9.84 Å². The third kappa shape index (κ3) is 3.89. The molecule has 20 heavy (non-hydrogen) atoms. The van der Waals surface area contributed by atoms with E-state index < -0.39 is 6.10 Å². The van der Waals surface area contributed by atoms with E-state index in [1.165, 1.54) is 6.20 Å². The second-order valence-electron chi connectivity index (χ2n) is 4.49. The monoisotopic (exact) mass is 275 g/mol. The number of pyridine rings is 1. The van der Waals surface area contributed by atoms with Crippen LogP contribution in [0, 0.1) is 6.92 Å². The number of nitrogens with zero attached hydrogens (tertiary/aromatic N) is 2. The number of hydrogen-bond acceptors (Lipinski definition) is 5. The molecule has 2 rings (SSSR count). The molecule has 2 heterocycles. The van der Waals surface area contributed by atoms with Gasteiger partial charge in [-0.25, -0.2) is 4.98 Å². The van der Waals surface area contributed by atoms with Gasteiger partial charge in [0.1, 0.15) is 0 Å². The molecule has 0 fully saturated rings. The number of ether oxygens (including phenoxy) is 1. The number of aromatic amines is 1. The molecule has 1 atom stereocenters. The lowest BCUT2D eigenvalue weighted by molar-refractivity contribution is 0.153. The summed E-state index contributed by atoms with van der Waals surface area (Å²) in [5, 5.41) is 9.93. The topological polar surface area (TPSA) is 88.1 Å². The minimum absolute atomic E-state index is 0.203. The number of nitrogens with one attached hydrogen (secondary N) is 1. The van der Waals surface area contributed by atoms with E-state index in [4.69, 9.17) is 4.74 Å². The lowest BCUT2D eigenvalue weighted by Crippen LogP contribution is -2.13. The maximum Gasteiger partial charge on any atom is 0.296 e. The van der Waals surface area contributed by atoms with E-state index in [0.29, 0.717) is 25.0 Å². The van der Waals surface area contributed by atoms with Crippen LogP contribution in [0.25, 0.3) is 0 Å². The molecule has 6 nitrogen and oxygen atoms in total. The third-order valence-corrected chi connectivity index (χ3v) is 2.88. The fourth-order valence-corrected chi connectivity index (χ4v) is 1.70. The van der Waals surface area contributed by atoms with Gasteiger partial charge in [-0.3, -0.25) is 14.8 Å². The molecule has 2 aromatic heterocycles. The molecule has 1 unspecified atom stereocenters. The Morgan fingerprint density at radius 2 is 2.30 bits per heavy atom. The van der Waals surface area contributed by atoms with E-state index in [2.05, 4.69) is 15.0 Å². The second-order valence-corrected chi connectivity index (χ2v) is 4.49. The zero-order chi connectivity index (χ0) is 14.4. The van der Waals surface area contributed by atoms with Crippen LogP contribution >= 0.6 is 0 Å². The number of rotatable bonds is 6. The lowest BCUT2D eigenvalue weighted by Gasteiger charge is -2.10. The summed E-state index contributed by atoms with van der Waals surface area (Å²) < 4.78 is 5.33. The molecule has 2 N–H and O–H groups in total. The fourth-order valence-electron chi connectivity index (χ4n) is 1.70. The summed E-state index contributed by atoms with van der Waals surface area (Å²) in [5.41, 5.74) is 1.13. The first-order valence-electron chi connectivity index (χ1n) is 6.43. The Hall–Kier alpha value is -2.21. The predicted octanol–water partition coefficient (Wildman–Crippen LogP) is 1.37. The van der Waals surface area contributed by atoms with Crippen molar-refractivity contribution in [2.24, 2.45) is 0 Å². The second kappa shape index (κ2) is 6.81. The van der Waals surface area contributed by atoms with E-state index in [1.54, 1.807) is 25.4 Å². The normalized spacial score (nSPS) is 12.1. The van der Waals surface area contributed by atoms with Crippen molar-refractivity contribution in [2.75, 3.05) is 6.61 Å². The number of aromatic nitrogens is 3. The van der Waals surface area contributed by atoms with E-state index in [1.807, 2.05) is 6.07 Å². The zero-order valence-electron chi connectivity index (χ0n) is 11.2. The lowest BCUT2D eigenvalue weighted by atomic mass is 10.1. The summed E-state index contributed by atoms with van der Waals surface area (Å²) in [6.07, 6.45) is 5.43. The highest BCUT2D eigenvalue weighted by Crippen LogP contribution is 2.16. The van der Waals surface area contributed by atoms with Gasteiger partial charge in [0.05, 0.1) is 12.7 Å². The zero-order valence-corrected chi connectivity index (χ0v) is 11.2. The molecule has 0 saturated carbocycles. The number of aliphatic hydroxyl groups is 1. The Morgan fingerprint density at radius 3 is 3.00 bits per heavy atom. The van der Waals surface area contributed by atoms with Crippen molar-refractivity contribution in [2.45, 2.75) is 25.9 Å². The van der Waals surface area contributed by atoms with Gasteiger partial charge in [0.25, 0.3) is 11.6 Å². The van der Waals surface area contributed by atoms with E-state index in [0.717, 1.165) is 5.56 Å². The molecule has 0 saturated heterocycles. The van der Waals surface area contributed by atoms with Gasteiger partial charge in [-0.05, 0) is 31.4 Å². The molecule has 0 bridgehead atoms. The molecule has 0 aliphatic heterocycles. The van der Waals surface area contributed by atoms with Crippen LogP contribution in [0.1, 0.15) is 30.1 Å². The maximum atomic E-state index is 11.3. The van der Waals surface area contributed by atoms with Crippen LogP contribution in [-0.4, -0.2) is 26.7 Å². The average Bonchev–Trinajstić information content (AvgIpc) is 2.48. The van der Waals surface area contributed by atoms with Crippen LogP contribution in [0.4, 0.5) is 0 Å². The number of aliphatic hydroxyl groups excluding tert-OH is 1. The van der Waals surface area contributed by atoms with Gasteiger partial charge in [-0.1, -0.05) is 6.07 Å². The molecular weight excluding hydrogens is 258 g/mol. The summed E-state index contributed by atoms with van der Waals surface area (Å²) in [5.74, 6) is 0. The van der Waals surface area contributed by atoms with E-state index in [-0.39, 0.29) is 11.6 Å². The largest absolute Gasteiger partial charge is 0.465 e. The third-order valence-electron chi connectivity index (χ3n) is 2.88. The molecule has 0 aromatic carbocycles. The van der Waals surface area contributed by atoms with E-state index >= 15 is 0 Å². The SMILES string of the molecule is Cc1cnc(OCCCC(O)c2cccnc2)[nH]c1=O. The fraction of sp³-hybridized carbons (Fsp3) is 0.357. The van der Waals surface area contributed by atoms with Crippen molar-refractivity contribution in [1.82, 2.24) is 15.0 Å². The van der Waals surface area contributed by atoms with Gasteiger partial charge in [0.15, 0.2) is 0 Å². The van der Waals surface area contributed by atoms with Crippen molar-refractivity contribution in [3.63, 3.8) is 0 Å². The maximum absolute atomic E-state index is 11.3. The van der Waals surface area contributed by atoms with Gasteiger partial charge >= 0.3 is 0 Å². The molecule has 0 amide bonds. The Morgan fingerprint density at radius 1 is 1.45 bits per heavy atom. The van der Waals surface area contributed by atoms with Crippen LogP contribution in [0.3, 0.4) is 0 Å². The summed E-state index contributed by atoms with van der Waals surface area (Å²) in [6, 6.07) is 3.82. The first kappa shape index (κ1) is 14.2. The van der Waals surface area contributed by atoms with Gasteiger partial charge < -0.3 is 9.84 Å². The first-order valence-corrected chi connectivity index (χ1v) is 6.43. The summed E-state index contributed by atoms with van der Waals surface area (Å²) >= 11 is 0. The molecule has 106 valence electrons. The highest BCUT2D eigenvalue weighted by atomic mass is 16.5. The molecule has 0 radical (unpaired) electrons. The van der Waals surface area contributed by atoms with Gasteiger partial charge in [-0.2, -0.15) is 0 Å². The van der Waals surface area contributed by atoms with Crippen LogP contribution in [-0.2, 0) is 0 Å². The minimum Gasteiger partial charge on any atom is -0.465 e. The highest BCUT2D eigenvalue weighted by molar-refractivity contribution is 5.11. The highest BCUT2D eigenvalue weighted by Gasteiger charge is 2.07. The van der Waals surface area contributed by atoms with Gasteiger partial charge in [0.2, 0.25) is 0 Å². The first-order chi connectivity index (χ1) is 9.66. The Kier molecular flexibility index (Phi) is 4.84. The molecule has 0 spiro atoms. The minimum atomic E-state index is -0.558. The molecule has 6 heteroatoms. The summed E-state index contributed by atoms with van der Waals surface area (Å²) in [4.78, 5) is 21.8. The van der Waals surface area contributed by atoms with Crippen LogP contribution in [0.15, 0.2) is 35.5 Å². The van der Waals surface area contributed by atoms with Crippen LogP contribution in [0.5, 0.6) is 6.01 Å². The van der Waals surface area contributed by atoms with Crippen molar-refractivity contribution in [1.29, 1.82) is 0 Å². The smallest absolute Gasteiger partial charge is 0.296 e. The molecular formula is C14H17N3O3. The Balaban J connectivity index is 1.76. The van der Waals surface area contributed by atoms with Crippen molar-refractivity contribution in [3.8, 4) is 6.01 Å². The van der Waals surface area contributed by atoms with Gasteiger partial charge in [-0.15, -0.1) is 0 Å². The molecule has 0 aliphatic carbocycles. The van der Waals surface area contributed by atoms with Gasteiger partial charge in [0, 0.05) is 24.2 Å². The van der Waals surface area contributed by atoms with Crippen molar-refractivity contribution in [3.05, 3.63) is 52.2 Å². The average molecular weight is 275 g/mol. The van der Waals surface area contributed by atoms with Crippen molar-refractivity contribution >= 4 is 0 Å². The number of aryl methyl sites for hydroxylation is 1. The Labute approximate surface area is 116 Å². The quantitative estimate of drug-likeness (QED) is 0.777. The summed E-state index contributed by atoms with van der Waals surface area (Å²) in [7, 11) is 0. The molecule has 2 aromatic rings. The number of H-pyrrole nitrogens is 1. The van der Waals surface area contributed by atoms with Crippen LogP contribution < -0.4 is 10.3 Å².